The third-order valence-corrected chi connectivity index (χ3v) is 24.5. The van der Waals surface area contributed by atoms with Crippen LogP contribution in [0.1, 0.15) is 41.5 Å². The monoisotopic (exact) mass is 682 g/mol. The third kappa shape index (κ3) is 4.90. The molecule has 0 spiro atoms. The Morgan fingerprint density at radius 3 is 1.04 bits per heavy atom. The van der Waals surface area contributed by atoms with Crippen LogP contribution in [0.2, 0.25) is 36.3 Å². The fourth-order valence-electron chi connectivity index (χ4n) is 9.82. The van der Waals surface area contributed by atoms with E-state index in [4.69, 9.17) is 0 Å². The van der Waals surface area contributed by atoms with Gasteiger partial charge in [0.1, 0.15) is 0 Å². The molecule has 0 N–H and O–H groups in total. The summed E-state index contributed by atoms with van der Waals surface area (Å²) in [5.74, 6) is 0. The van der Waals surface area contributed by atoms with Gasteiger partial charge in [-0.3, -0.25) is 0 Å². The van der Waals surface area contributed by atoms with Gasteiger partial charge in [-0.15, -0.1) is 0 Å². The second-order valence-electron chi connectivity index (χ2n) is 14.8. The van der Waals surface area contributed by atoms with E-state index in [0.717, 1.165) is 0 Å². The van der Waals surface area contributed by atoms with E-state index in [1.54, 1.807) is 10.4 Å². The molecule has 0 saturated carbocycles. The van der Waals surface area contributed by atoms with Gasteiger partial charge in [-0.05, 0) is 111 Å². The lowest BCUT2D eigenvalue weighted by molar-refractivity contribution is 1.20. The molecule has 0 heterocycles. The van der Waals surface area contributed by atoms with Crippen LogP contribution < -0.4 is 10.4 Å². The molecule has 0 aliphatic heterocycles. The Bertz CT molecular complexity index is 2320. The summed E-state index contributed by atoms with van der Waals surface area (Å²) in [6.45, 7) is 14.8. The van der Waals surface area contributed by atoms with Gasteiger partial charge < -0.3 is 0 Å². The molecule has 8 aromatic carbocycles. The number of rotatable bonds is 10. The van der Waals surface area contributed by atoms with Gasteiger partial charge in [-0.2, -0.15) is 0 Å². The molecule has 50 heavy (non-hydrogen) atoms. The first-order valence-corrected chi connectivity index (χ1v) is 24.5. The van der Waals surface area contributed by atoms with Crippen molar-refractivity contribution in [3.63, 3.8) is 0 Å². The van der Waals surface area contributed by atoms with Crippen LogP contribution in [-0.4, -0.2) is 16.1 Å². The topological polar surface area (TPSA) is 0 Å². The first-order chi connectivity index (χ1) is 24.4. The highest BCUT2D eigenvalue weighted by atomic mass is 28.3. The van der Waals surface area contributed by atoms with Crippen molar-refractivity contribution in [1.82, 2.24) is 0 Å². The van der Waals surface area contributed by atoms with Gasteiger partial charge in [0.2, 0.25) is 0 Å². The Labute approximate surface area is 300 Å². The molecule has 0 aliphatic carbocycles. The van der Waals surface area contributed by atoms with Gasteiger partial charge in [0.25, 0.3) is 0 Å². The average Bonchev–Trinajstić information content (AvgIpc) is 3.18. The number of fused-ring (bicyclic) bond motifs is 2. The van der Waals surface area contributed by atoms with E-state index in [9.17, 15) is 0 Å². The average molecular weight is 683 g/mol. The van der Waals surface area contributed by atoms with E-state index in [2.05, 4.69) is 163 Å². The van der Waals surface area contributed by atoms with Crippen LogP contribution in [0.15, 0.2) is 121 Å². The fourth-order valence-corrected chi connectivity index (χ4v) is 18.1. The minimum absolute atomic E-state index is 1.26. The van der Waals surface area contributed by atoms with E-state index in [0.29, 0.717) is 0 Å². The highest BCUT2D eigenvalue weighted by molar-refractivity contribution is 6.95. The van der Waals surface area contributed by atoms with E-state index in [1.165, 1.54) is 112 Å². The van der Waals surface area contributed by atoms with Crippen molar-refractivity contribution < 1.29 is 0 Å². The van der Waals surface area contributed by atoms with Crippen LogP contribution in [0.4, 0.5) is 0 Å². The van der Waals surface area contributed by atoms with Gasteiger partial charge in [0.15, 0.2) is 0 Å². The van der Waals surface area contributed by atoms with Crippen molar-refractivity contribution >= 4 is 80.4 Å². The zero-order valence-corrected chi connectivity index (χ0v) is 32.8. The Morgan fingerprint density at radius 2 is 0.680 bits per heavy atom. The van der Waals surface area contributed by atoms with Gasteiger partial charge in [0.05, 0.1) is 16.1 Å². The summed E-state index contributed by atoms with van der Waals surface area (Å²) in [4.78, 5) is 0. The maximum atomic E-state index is 2.59. The summed E-state index contributed by atoms with van der Waals surface area (Å²) >= 11 is 0. The van der Waals surface area contributed by atoms with Crippen LogP contribution in [0, 0.1) is 0 Å². The molecule has 250 valence electrons. The molecule has 0 aliphatic rings. The van der Waals surface area contributed by atoms with Crippen molar-refractivity contribution in [2.45, 2.75) is 77.8 Å². The largest absolute Gasteiger partial charge is 0.0875 e. The standard InChI is InChI=1S/C48H50Si2/c1-7-49(8-2,9-3)47-41-27-25-40-32-44(38-24-22-34-18-14-16-20-36(34)30-38)48(50(10-4,11-5)12-6)42-28-26-39(45(41)46(40)42)31-43(47)37-23-21-33-17-13-15-19-35(33)29-37/h13-32H,7-12H2,1-6H3. The molecule has 0 bridgehead atoms. The SMILES string of the molecule is CC[Si](CC)(CC)c1c(-c2ccc3ccccc3c2)cc2ccc3c([Si](CC)(CC)CC)c(-c4ccc5ccccc5c4)cc4ccc1c2c43. The van der Waals surface area contributed by atoms with Crippen molar-refractivity contribution in [2.24, 2.45) is 0 Å². The van der Waals surface area contributed by atoms with Gasteiger partial charge in [-0.25, -0.2) is 0 Å². The quantitative estimate of drug-likeness (QED) is 0.0995. The molecule has 0 radical (unpaired) electrons. The summed E-state index contributed by atoms with van der Waals surface area (Å²) in [5, 5.41) is 17.5. The molecule has 0 saturated heterocycles. The van der Waals surface area contributed by atoms with Crippen LogP contribution >= 0.6 is 0 Å². The third-order valence-electron chi connectivity index (χ3n) is 13.1. The van der Waals surface area contributed by atoms with Crippen molar-refractivity contribution in [1.29, 1.82) is 0 Å². The Kier molecular flexibility index (Phi) is 8.44. The summed E-state index contributed by atoms with van der Waals surface area (Å²) in [7, 11) is -3.66. The zero-order valence-electron chi connectivity index (χ0n) is 30.8. The fraction of sp³-hybridized carbons (Fsp3) is 0.250. The lowest BCUT2D eigenvalue weighted by Crippen LogP contribution is -2.48. The van der Waals surface area contributed by atoms with E-state index >= 15 is 0 Å². The van der Waals surface area contributed by atoms with Crippen molar-refractivity contribution in [2.75, 3.05) is 0 Å². The van der Waals surface area contributed by atoms with E-state index in [1.807, 2.05) is 0 Å². The van der Waals surface area contributed by atoms with Crippen molar-refractivity contribution in [3.8, 4) is 22.3 Å². The summed E-state index contributed by atoms with van der Waals surface area (Å²) in [6.07, 6.45) is 0. The van der Waals surface area contributed by atoms with Crippen LogP contribution in [-0.2, 0) is 0 Å². The molecule has 0 fully saturated rings. The number of benzene rings is 8. The first-order valence-electron chi connectivity index (χ1n) is 19.2. The molecule has 8 rings (SSSR count). The van der Waals surface area contributed by atoms with Gasteiger partial charge in [0, 0.05) is 0 Å². The van der Waals surface area contributed by atoms with Crippen molar-refractivity contribution in [3.05, 3.63) is 121 Å². The minimum Gasteiger partial charge on any atom is -0.0675 e. The van der Waals surface area contributed by atoms with Crippen LogP contribution in [0.25, 0.3) is 76.1 Å². The van der Waals surface area contributed by atoms with Crippen LogP contribution in [0.3, 0.4) is 0 Å². The molecular weight excluding hydrogens is 633 g/mol. The molecular formula is C48H50Si2. The lowest BCUT2D eigenvalue weighted by Gasteiger charge is -2.35. The van der Waals surface area contributed by atoms with Crippen LogP contribution in [0.5, 0.6) is 0 Å². The maximum Gasteiger partial charge on any atom is 0.0875 e. The Balaban J connectivity index is 1.52. The molecule has 8 aromatic rings. The summed E-state index contributed by atoms with van der Waals surface area (Å²) < 4.78 is 0. The highest BCUT2D eigenvalue weighted by Crippen LogP contribution is 2.43. The smallest absolute Gasteiger partial charge is 0.0675 e. The Morgan fingerprint density at radius 1 is 0.340 bits per heavy atom. The van der Waals surface area contributed by atoms with E-state index < -0.39 is 16.1 Å². The second-order valence-corrected chi connectivity index (χ2v) is 25.2. The molecule has 0 atom stereocenters. The number of hydrogen-bond acceptors (Lipinski definition) is 0. The van der Waals surface area contributed by atoms with E-state index in [-0.39, 0.29) is 0 Å². The molecule has 2 heteroatoms. The van der Waals surface area contributed by atoms with Gasteiger partial charge in [-0.1, -0.05) is 175 Å². The second kappa shape index (κ2) is 12.8. The lowest BCUT2D eigenvalue weighted by atomic mass is 9.88. The molecule has 0 nitrogen and oxygen atoms in total. The predicted octanol–water partition coefficient (Wildman–Crippen LogP) is 13.7. The zero-order chi connectivity index (χ0) is 34.6. The number of hydrogen-bond donors (Lipinski definition) is 0. The minimum atomic E-state index is -1.83. The molecule has 0 unspecified atom stereocenters. The molecule has 0 aromatic heterocycles. The first kappa shape index (κ1) is 32.9. The normalized spacial score (nSPS) is 12.7. The summed E-state index contributed by atoms with van der Waals surface area (Å²) in [6, 6.07) is 54.8. The predicted molar refractivity (Wildman–Crippen MR) is 230 cm³/mol. The highest BCUT2D eigenvalue weighted by Gasteiger charge is 2.37. The van der Waals surface area contributed by atoms with Gasteiger partial charge >= 0.3 is 0 Å². The maximum absolute atomic E-state index is 2.59. The Hall–Kier alpha value is -4.25. The summed E-state index contributed by atoms with van der Waals surface area (Å²) in [5.41, 5.74) is 5.67. The molecule has 0 amide bonds.